The first kappa shape index (κ1) is 25.2. The molecule has 9 heteroatoms. The van der Waals surface area contributed by atoms with Crippen molar-refractivity contribution in [2.75, 3.05) is 37.5 Å². The highest BCUT2D eigenvalue weighted by atomic mass is 16.5. The summed E-state index contributed by atoms with van der Waals surface area (Å²) in [5.74, 6) is -1.76. The van der Waals surface area contributed by atoms with Crippen molar-refractivity contribution in [3.63, 3.8) is 0 Å². The van der Waals surface area contributed by atoms with Gasteiger partial charge in [0, 0.05) is 52.3 Å². The highest BCUT2D eigenvalue weighted by molar-refractivity contribution is 6.15. The number of para-hydroxylation sites is 1. The Morgan fingerprint density at radius 1 is 1.03 bits per heavy atom. The number of hydrogen-bond acceptors (Lipinski definition) is 6. The average Bonchev–Trinajstić information content (AvgIpc) is 3.20. The van der Waals surface area contributed by atoms with Crippen molar-refractivity contribution in [3.05, 3.63) is 59.7 Å². The molecule has 0 N–H and O–H groups in total. The first-order chi connectivity index (χ1) is 17.1. The van der Waals surface area contributed by atoms with Crippen LogP contribution in [0.3, 0.4) is 0 Å². The number of fused-ring (bicyclic) bond motifs is 3. The molecule has 2 aliphatic heterocycles. The molecule has 190 valence electrons. The van der Waals surface area contributed by atoms with Gasteiger partial charge in [0.05, 0.1) is 11.3 Å². The van der Waals surface area contributed by atoms with Crippen molar-refractivity contribution in [1.82, 2.24) is 9.80 Å². The van der Waals surface area contributed by atoms with Crippen LogP contribution in [0.2, 0.25) is 0 Å². The SMILES string of the molecule is CC(C)N1C(=O)c2ccccc2N2C(=O)CCC21C(=O)OCC(=O)N(C)Cc1ccc(N(C)C)cc1. The van der Waals surface area contributed by atoms with Crippen LogP contribution in [-0.2, 0) is 25.7 Å². The molecular formula is C27H32N4O5. The molecule has 2 aliphatic rings. The van der Waals surface area contributed by atoms with Gasteiger partial charge in [0.25, 0.3) is 11.8 Å². The monoisotopic (exact) mass is 492 g/mol. The predicted molar refractivity (Wildman–Crippen MR) is 135 cm³/mol. The molecule has 2 aromatic carbocycles. The van der Waals surface area contributed by atoms with Gasteiger partial charge in [-0.05, 0) is 43.7 Å². The van der Waals surface area contributed by atoms with Gasteiger partial charge >= 0.3 is 5.97 Å². The second-order valence-corrected chi connectivity index (χ2v) is 9.72. The second kappa shape index (κ2) is 9.64. The van der Waals surface area contributed by atoms with Crippen LogP contribution in [-0.4, -0.2) is 72.9 Å². The molecule has 0 spiro atoms. The summed E-state index contributed by atoms with van der Waals surface area (Å²) in [6.45, 7) is 3.45. The molecule has 3 amide bonds. The summed E-state index contributed by atoms with van der Waals surface area (Å²) in [4.78, 5) is 59.1. The molecule has 36 heavy (non-hydrogen) atoms. The fourth-order valence-corrected chi connectivity index (χ4v) is 4.99. The number of esters is 1. The van der Waals surface area contributed by atoms with E-state index >= 15 is 0 Å². The summed E-state index contributed by atoms with van der Waals surface area (Å²) in [6.07, 6.45) is 0.196. The van der Waals surface area contributed by atoms with Crippen molar-refractivity contribution in [2.24, 2.45) is 0 Å². The smallest absolute Gasteiger partial charge is 0.354 e. The summed E-state index contributed by atoms with van der Waals surface area (Å²) in [7, 11) is 5.55. The fourth-order valence-electron chi connectivity index (χ4n) is 4.99. The molecule has 1 atom stereocenters. The summed E-state index contributed by atoms with van der Waals surface area (Å²) in [6, 6.07) is 14.2. The van der Waals surface area contributed by atoms with E-state index in [1.807, 2.05) is 43.3 Å². The highest BCUT2D eigenvalue weighted by Crippen LogP contribution is 2.45. The lowest BCUT2D eigenvalue weighted by atomic mass is 9.95. The molecule has 1 saturated heterocycles. The van der Waals surface area contributed by atoms with Crippen LogP contribution < -0.4 is 9.80 Å². The Hall–Kier alpha value is -3.88. The first-order valence-electron chi connectivity index (χ1n) is 12.0. The van der Waals surface area contributed by atoms with Crippen LogP contribution in [0, 0.1) is 0 Å². The standard InChI is InChI=1S/C27H32N4O5/c1-18(2)30-25(34)21-8-6-7-9-22(21)31-23(32)14-15-27(30,31)26(35)36-17-24(33)29(5)16-19-10-12-20(13-11-19)28(3)4/h6-13,18H,14-17H2,1-5H3. The summed E-state index contributed by atoms with van der Waals surface area (Å²) >= 11 is 0. The van der Waals surface area contributed by atoms with E-state index in [4.69, 9.17) is 4.74 Å². The Morgan fingerprint density at radius 2 is 1.69 bits per heavy atom. The van der Waals surface area contributed by atoms with Gasteiger partial charge in [0.1, 0.15) is 0 Å². The van der Waals surface area contributed by atoms with Crippen LogP contribution in [0.1, 0.15) is 42.6 Å². The van der Waals surface area contributed by atoms with Crippen LogP contribution >= 0.6 is 0 Å². The number of rotatable bonds is 7. The maximum atomic E-state index is 13.6. The molecule has 1 unspecified atom stereocenters. The zero-order valence-corrected chi connectivity index (χ0v) is 21.4. The summed E-state index contributed by atoms with van der Waals surface area (Å²) < 4.78 is 5.52. The maximum Gasteiger partial charge on any atom is 0.354 e. The van der Waals surface area contributed by atoms with Gasteiger partial charge in [-0.1, -0.05) is 24.3 Å². The van der Waals surface area contributed by atoms with Gasteiger partial charge in [-0.15, -0.1) is 0 Å². The minimum atomic E-state index is -1.61. The van der Waals surface area contributed by atoms with E-state index in [1.165, 1.54) is 14.7 Å². The lowest BCUT2D eigenvalue weighted by Gasteiger charge is -2.50. The summed E-state index contributed by atoms with van der Waals surface area (Å²) in [5.41, 5.74) is 1.13. The third-order valence-corrected chi connectivity index (χ3v) is 6.77. The minimum absolute atomic E-state index is 0.0940. The van der Waals surface area contributed by atoms with Crippen molar-refractivity contribution < 1.29 is 23.9 Å². The zero-order valence-electron chi connectivity index (χ0n) is 21.4. The molecule has 0 radical (unpaired) electrons. The molecule has 0 aromatic heterocycles. The average molecular weight is 493 g/mol. The molecule has 0 saturated carbocycles. The van der Waals surface area contributed by atoms with Crippen molar-refractivity contribution in [1.29, 1.82) is 0 Å². The normalized spacial score (nSPS) is 18.7. The quantitative estimate of drug-likeness (QED) is 0.552. The van der Waals surface area contributed by atoms with Gasteiger partial charge < -0.3 is 19.4 Å². The molecule has 0 aliphatic carbocycles. The Morgan fingerprint density at radius 3 is 2.33 bits per heavy atom. The number of anilines is 2. The fraction of sp³-hybridized carbons (Fsp3) is 0.407. The van der Waals surface area contributed by atoms with E-state index < -0.39 is 18.2 Å². The summed E-state index contributed by atoms with van der Waals surface area (Å²) in [5, 5.41) is 0. The van der Waals surface area contributed by atoms with Gasteiger partial charge in [-0.3, -0.25) is 19.3 Å². The largest absolute Gasteiger partial charge is 0.452 e. The number of benzene rings is 2. The van der Waals surface area contributed by atoms with Crippen LogP contribution in [0.15, 0.2) is 48.5 Å². The Balaban J connectivity index is 1.53. The van der Waals surface area contributed by atoms with Crippen LogP contribution in [0.4, 0.5) is 11.4 Å². The molecule has 9 nitrogen and oxygen atoms in total. The van der Waals surface area contributed by atoms with E-state index in [9.17, 15) is 19.2 Å². The molecule has 0 bridgehead atoms. The van der Waals surface area contributed by atoms with Crippen molar-refractivity contribution >= 4 is 35.1 Å². The third-order valence-electron chi connectivity index (χ3n) is 6.77. The van der Waals surface area contributed by atoms with E-state index in [0.29, 0.717) is 17.8 Å². The number of nitrogens with zero attached hydrogens (tertiary/aromatic N) is 4. The Kier molecular flexibility index (Phi) is 6.75. The number of carbonyl (C=O) groups excluding carboxylic acids is 4. The van der Waals surface area contributed by atoms with E-state index in [0.717, 1.165) is 11.3 Å². The van der Waals surface area contributed by atoms with E-state index in [1.54, 1.807) is 45.2 Å². The van der Waals surface area contributed by atoms with Gasteiger partial charge in [-0.2, -0.15) is 0 Å². The van der Waals surface area contributed by atoms with Gasteiger partial charge in [-0.25, -0.2) is 4.79 Å². The Bertz CT molecular complexity index is 1190. The number of hydrogen-bond donors (Lipinski definition) is 0. The predicted octanol–water partition coefficient (Wildman–Crippen LogP) is 2.64. The number of ether oxygens (including phenoxy) is 1. The van der Waals surface area contributed by atoms with Crippen LogP contribution in [0.5, 0.6) is 0 Å². The first-order valence-corrected chi connectivity index (χ1v) is 12.0. The topological polar surface area (TPSA) is 90.5 Å². The Labute approximate surface area is 211 Å². The van der Waals surface area contributed by atoms with Crippen molar-refractivity contribution in [3.8, 4) is 0 Å². The van der Waals surface area contributed by atoms with E-state index in [-0.39, 0.29) is 36.6 Å². The lowest BCUT2D eigenvalue weighted by molar-refractivity contribution is -0.162. The molecule has 2 heterocycles. The maximum absolute atomic E-state index is 13.6. The molecule has 2 aromatic rings. The second-order valence-electron chi connectivity index (χ2n) is 9.72. The van der Waals surface area contributed by atoms with Crippen molar-refractivity contribution in [2.45, 2.75) is 44.9 Å². The number of amides is 3. The molecule has 1 fully saturated rings. The van der Waals surface area contributed by atoms with Gasteiger partial charge in [0.2, 0.25) is 11.6 Å². The minimum Gasteiger partial charge on any atom is -0.452 e. The number of carbonyl (C=O) groups is 4. The zero-order chi connectivity index (χ0) is 26.2. The lowest BCUT2D eigenvalue weighted by Crippen LogP contribution is -2.70. The third kappa shape index (κ3) is 4.19. The highest BCUT2D eigenvalue weighted by Gasteiger charge is 2.62. The molecule has 4 rings (SSSR count). The van der Waals surface area contributed by atoms with E-state index in [2.05, 4.69) is 0 Å². The van der Waals surface area contributed by atoms with Crippen LogP contribution in [0.25, 0.3) is 0 Å². The molecular weight excluding hydrogens is 460 g/mol. The van der Waals surface area contributed by atoms with Gasteiger partial charge in [0.15, 0.2) is 6.61 Å². The number of likely N-dealkylation sites (N-methyl/N-ethyl adjacent to an activating group) is 1.